The first-order chi connectivity index (χ1) is 9.69. The Kier molecular flexibility index (Phi) is 3.62. The number of hydrogen-bond donors (Lipinski definition) is 0. The van der Waals surface area contributed by atoms with Gasteiger partial charge in [0, 0.05) is 25.3 Å². The maximum atomic E-state index is 4.64. The van der Waals surface area contributed by atoms with E-state index in [0.717, 1.165) is 32.8 Å². The molecule has 0 fully saturated rings. The largest absolute Gasteiger partial charge is 0.378 e. The van der Waals surface area contributed by atoms with Gasteiger partial charge in [-0.25, -0.2) is 0 Å². The van der Waals surface area contributed by atoms with E-state index in [1.807, 2.05) is 18.6 Å². The van der Waals surface area contributed by atoms with Crippen LogP contribution in [0.5, 0.6) is 0 Å². The molecule has 0 unspecified atom stereocenters. The van der Waals surface area contributed by atoms with Gasteiger partial charge >= 0.3 is 0 Å². The Morgan fingerprint density at radius 2 is 2.15 bits per heavy atom. The van der Waals surface area contributed by atoms with Crippen LogP contribution in [0.1, 0.15) is 5.82 Å². The Hall–Kier alpha value is -1.60. The molecule has 2 aromatic heterocycles. The van der Waals surface area contributed by atoms with Gasteiger partial charge < -0.3 is 4.90 Å². The van der Waals surface area contributed by atoms with Crippen molar-refractivity contribution >= 4 is 33.7 Å². The minimum absolute atomic E-state index is 0.822. The van der Waals surface area contributed by atoms with Crippen LogP contribution in [-0.2, 0) is 5.75 Å². The molecule has 0 saturated heterocycles. The van der Waals surface area contributed by atoms with Gasteiger partial charge in [-0.2, -0.15) is 21.4 Å². The van der Waals surface area contributed by atoms with E-state index in [0.29, 0.717) is 0 Å². The number of aromatic nitrogens is 4. The van der Waals surface area contributed by atoms with Crippen LogP contribution < -0.4 is 4.90 Å². The van der Waals surface area contributed by atoms with Crippen LogP contribution >= 0.6 is 23.1 Å². The molecule has 0 aliphatic carbocycles. The fourth-order valence-electron chi connectivity index (χ4n) is 1.91. The first-order valence-corrected chi connectivity index (χ1v) is 8.38. The molecule has 5 nitrogen and oxygen atoms in total. The maximum absolute atomic E-state index is 4.64. The van der Waals surface area contributed by atoms with Gasteiger partial charge in [0.05, 0.1) is 5.75 Å². The van der Waals surface area contributed by atoms with Gasteiger partial charge in [0.15, 0.2) is 5.82 Å². The summed E-state index contributed by atoms with van der Waals surface area (Å²) < 4.78 is 1.85. The second-order valence-electron chi connectivity index (χ2n) is 4.60. The summed E-state index contributed by atoms with van der Waals surface area (Å²) in [5.41, 5.74) is 2.28. The number of fused-ring (bicyclic) bond motifs is 1. The van der Waals surface area contributed by atoms with E-state index in [2.05, 4.69) is 50.7 Å². The summed E-state index contributed by atoms with van der Waals surface area (Å²) >= 11 is 3.29. The highest BCUT2D eigenvalue weighted by Crippen LogP contribution is 2.28. The maximum Gasteiger partial charge on any atom is 0.235 e. The summed E-state index contributed by atoms with van der Waals surface area (Å²) in [6.45, 7) is 0. The molecule has 3 rings (SSSR count). The lowest BCUT2D eigenvalue weighted by Gasteiger charge is -2.12. The predicted octanol–water partition coefficient (Wildman–Crippen LogP) is 2.78. The van der Waals surface area contributed by atoms with Gasteiger partial charge in [-0.3, -0.25) is 0 Å². The van der Waals surface area contributed by atoms with E-state index in [1.165, 1.54) is 0 Å². The summed E-state index contributed by atoms with van der Waals surface area (Å²) in [7, 11) is 4.07. The quantitative estimate of drug-likeness (QED) is 0.742. The number of benzene rings is 1. The normalized spacial score (nSPS) is 11.2. The van der Waals surface area contributed by atoms with Gasteiger partial charge in [-0.1, -0.05) is 23.5 Å². The highest BCUT2D eigenvalue weighted by atomic mass is 32.2. The molecule has 3 aromatic rings. The molecular weight excluding hydrogens is 290 g/mol. The van der Waals surface area contributed by atoms with Crippen LogP contribution in [-0.4, -0.2) is 40.2 Å². The average Bonchev–Trinajstić information content (AvgIpc) is 3.01. The fraction of sp³-hybridized carbons (Fsp3) is 0.308. The highest BCUT2D eigenvalue weighted by molar-refractivity contribution is 7.97. The van der Waals surface area contributed by atoms with Crippen molar-refractivity contribution in [2.45, 2.75) is 5.75 Å². The molecule has 0 bridgehead atoms. The third kappa shape index (κ3) is 2.38. The number of anilines is 1. The Morgan fingerprint density at radius 1 is 1.30 bits per heavy atom. The van der Waals surface area contributed by atoms with Crippen LogP contribution in [0.15, 0.2) is 24.3 Å². The van der Waals surface area contributed by atoms with E-state index in [4.69, 9.17) is 0 Å². The van der Waals surface area contributed by atoms with Gasteiger partial charge in [0.2, 0.25) is 4.96 Å². The van der Waals surface area contributed by atoms with Crippen LogP contribution in [0.25, 0.3) is 15.5 Å². The lowest BCUT2D eigenvalue weighted by atomic mass is 10.2. The highest BCUT2D eigenvalue weighted by Gasteiger charge is 2.12. The van der Waals surface area contributed by atoms with E-state index < -0.39 is 0 Å². The van der Waals surface area contributed by atoms with Gasteiger partial charge in [-0.15, -0.1) is 10.2 Å². The monoisotopic (exact) mass is 305 g/mol. The zero-order valence-electron chi connectivity index (χ0n) is 11.6. The lowest BCUT2D eigenvalue weighted by Crippen LogP contribution is -2.08. The topological polar surface area (TPSA) is 46.3 Å². The molecule has 7 heteroatoms. The minimum atomic E-state index is 0.822. The van der Waals surface area contributed by atoms with E-state index in [9.17, 15) is 0 Å². The molecule has 0 spiro atoms. The molecule has 0 aliphatic rings. The summed E-state index contributed by atoms with van der Waals surface area (Å²) in [5, 5.41) is 14.0. The Morgan fingerprint density at radius 3 is 2.90 bits per heavy atom. The second kappa shape index (κ2) is 5.41. The van der Waals surface area contributed by atoms with Crippen molar-refractivity contribution in [2.24, 2.45) is 0 Å². The zero-order valence-corrected chi connectivity index (χ0v) is 13.2. The van der Waals surface area contributed by atoms with Gasteiger partial charge in [0.1, 0.15) is 5.01 Å². The lowest BCUT2D eigenvalue weighted by molar-refractivity contribution is 0.888. The third-order valence-electron chi connectivity index (χ3n) is 2.94. The molecule has 0 amide bonds. The Bertz CT molecular complexity index is 731. The molecule has 104 valence electrons. The molecule has 0 radical (unpaired) electrons. The molecule has 0 N–H and O–H groups in total. The van der Waals surface area contributed by atoms with Crippen molar-refractivity contribution < 1.29 is 0 Å². The van der Waals surface area contributed by atoms with Crippen molar-refractivity contribution in [1.82, 2.24) is 19.8 Å². The average molecular weight is 305 g/mol. The summed E-state index contributed by atoms with van der Waals surface area (Å²) in [5.74, 6) is 1.72. The van der Waals surface area contributed by atoms with Gasteiger partial charge in [0.25, 0.3) is 0 Å². The first kappa shape index (κ1) is 13.4. The van der Waals surface area contributed by atoms with E-state index in [-0.39, 0.29) is 0 Å². The number of rotatable bonds is 4. The molecule has 1 aromatic carbocycles. The molecule has 0 saturated carbocycles. The Balaban J connectivity index is 2.03. The molecule has 0 atom stereocenters. The van der Waals surface area contributed by atoms with Crippen LogP contribution in [0.4, 0.5) is 5.69 Å². The van der Waals surface area contributed by atoms with E-state index >= 15 is 0 Å². The van der Waals surface area contributed by atoms with Crippen molar-refractivity contribution in [2.75, 3.05) is 25.3 Å². The van der Waals surface area contributed by atoms with E-state index in [1.54, 1.807) is 23.1 Å². The standard InChI is InChI=1S/C13H15N5S2/c1-17(2)10-6-4-5-9(7-10)12-16-18-11(8-19-3)14-15-13(18)20-12/h4-7H,8H2,1-3H3. The van der Waals surface area contributed by atoms with Crippen LogP contribution in [0, 0.1) is 0 Å². The summed E-state index contributed by atoms with van der Waals surface area (Å²) in [4.78, 5) is 2.93. The number of hydrogen-bond acceptors (Lipinski definition) is 6. The van der Waals surface area contributed by atoms with Crippen LogP contribution in [0.3, 0.4) is 0 Å². The minimum Gasteiger partial charge on any atom is -0.378 e. The van der Waals surface area contributed by atoms with Crippen LogP contribution in [0.2, 0.25) is 0 Å². The second-order valence-corrected chi connectivity index (χ2v) is 6.42. The molecule has 20 heavy (non-hydrogen) atoms. The zero-order chi connectivity index (χ0) is 14.1. The van der Waals surface area contributed by atoms with Crippen molar-refractivity contribution in [3.63, 3.8) is 0 Å². The third-order valence-corrected chi connectivity index (χ3v) is 4.43. The summed E-state index contributed by atoms with van der Waals surface area (Å²) in [6.07, 6.45) is 2.05. The SMILES string of the molecule is CSCc1nnc2sc(-c3cccc(N(C)C)c3)nn12. The predicted molar refractivity (Wildman–Crippen MR) is 85.6 cm³/mol. The number of thioether (sulfide) groups is 1. The van der Waals surface area contributed by atoms with Crippen molar-refractivity contribution in [1.29, 1.82) is 0 Å². The smallest absolute Gasteiger partial charge is 0.235 e. The molecule has 0 aliphatic heterocycles. The van der Waals surface area contributed by atoms with Crippen molar-refractivity contribution in [3.05, 3.63) is 30.1 Å². The number of nitrogens with zero attached hydrogens (tertiary/aromatic N) is 5. The molecule has 2 heterocycles. The Labute approximate surface area is 125 Å². The summed E-state index contributed by atoms with van der Waals surface area (Å²) in [6, 6.07) is 8.35. The fourth-order valence-corrected chi connectivity index (χ4v) is 3.20. The van der Waals surface area contributed by atoms with Gasteiger partial charge in [-0.05, 0) is 18.4 Å². The molecular formula is C13H15N5S2. The first-order valence-electron chi connectivity index (χ1n) is 6.17. The van der Waals surface area contributed by atoms with Crippen molar-refractivity contribution in [3.8, 4) is 10.6 Å².